The van der Waals surface area contributed by atoms with Crippen LogP contribution in [0.25, 0.3) is 11.4 Å². The maximum absolute atomic E-state index is 11.3. The minimum atomic E-state index is 0.110. The van der Waals surface area contributed by atoms with Gasteiger partial charge in [0.2, 0.25) is 0 Å². The lowest BCUT2D eigenvalue weighted by Crippen LogP contribution is -2.35. The molecule has 0 radical (unpaired) electrons. The predicted molar refractivity (Wildman–Crippen MR) is 84.3 cm³/mol. The van der Waals surface area contributed by atoms with Crippen molar-refractivity contribution in [1.29, 1.82) is 0 Å². The molecule has 0 amide bonds. The molecule has 110 valence electrons. The van der Waals surface area contributed by atoms with E-state index in [4.69, 9.17) is 0 Å². The molecular formula is C16H15N4OS+. The van der Waals surface area contributed by atoms with E-state index >= 15 is 0 Å². The quantitative estimate of drug-likeness (QED) is 0.535. The van der Waals surface area contributed by atoms with Crippen molar-refractivity contribution >= 4 is 17.5 Å². The second-order valence-electron chi connectivity index (χ2n) is 4.74. The van der Waals surface area contributed by atoms with E-state index in [0.29, 0.717) is 10.9 Å². The van der Waals surface area contributed by atoms with Gasteiger partial charge in [-0.3, -0.25) is 4.79 Å². The first kappa shape index (κ1) is 14.5. The van der Waals surface area contributed by atoms with Crippen LogP contribution in [0.3, 0.4) is 0 Å². The molecule has 22 heavy (non-hydrogen) atoms. The molecule has 0 saturated carbocycles. The molecular weight excluding hydrogens is 296 g/mol. The van der Waals surface area contributed by atoms with E-state index in [1.165, 1.54) is 11.8 Å². The third kappa shape index (κ3) is 3.23. The van der Waals surface area contributed by atoms with Crippen molar-refractivity contribution in [3.8, 4) is 11.4 Å². The average molecular weight is 311 g/mol. The molecule has 0 bridgehead atoms. The number of rotatable bonds is 5. The van der Waals surface area contributed by atoms with E-state index in [2.05, 4.69) is 10.3 Å². The van der Waals surface area contributed by atoms with Crippen LogP contribution < -0.4 is 4.68 Å². The van der Waals surface area contributed by atoms with Crippen molar-refractivity contribution < 1.29 is 9.48 Å². The van der Waals surface area contributed by atoms with Crippen LogP contribution in [0.4, 0.5) is 0 Å². The number of carbonyl (C=O) groups is 1. The van der Waals surface area contributed by atoms with Crippen molar-refractivity contribution in [1.82, 2.24) is 15.1 Å². The molecule has 0 aliphatic rings. The van der Waals surface area contributed by atoms with Crippen molar-refractivity contribution in [2.75, 3.05) is 5.75 Å². The summed E-state index contributed by atoms with van der Waals surface area (Å²) in [7, 11) is 0. The number of thioether (sulfide) groups is 1. The lowest BCUT2D eigenvalue weighted by atomic mass is 10.3. The Kier molecular flexibility index (Phi) is 4.29. The minimum Gasteiger partial charge on any atom is -0.299 e. The van der Waals surface area contributed by atoms with Crippen LogP contribution in [-0.2, 0) is 4.79 Å². The summed E-state index contributed by atoms with van der Waals surface area (Å²) in [5.41, 5.74) is 1.79. The number of benzene rings is 2. The summed E-state index contributed by atoms with van der Waals surface area (Å²) >= 11 is 1.38. The van der Waals surface area contributed by atoms with Crippen molar-refractivity contribution in [2.45, 2.75) is 12.1 Å². The highest BCUT2D eigenvalue weighted by Crippen LogP contribution is 2.14. The molecule has 0 saturated heterocycles. The molecule has 0 aliphatic carbocycles. The first-order chi connectivity index (χ1) is 10.7. The number of nitrogens with zero attached hydrogens (tertiary/aromatic N) is 4. The Morgan fingerprint density at radius 1 is 1.09 bits per heavy atom. The third-order valence-electron chi connectivity index (χ3n) is 2.93. The smallest absolute Gasteiger partial charge is 0.299 e. The molecule has 0 atom stereocenters. The largest absolute Gasteiger partial charge is 0.363 e. The van der Waals surface area contributed by atoms with E-state index < -0.39 is 0 Å². The van der Waals surface area contributed by atoms with E-state index in [1.54, 1.807) is 16.4 Å². The Bertz CT molecular complexity index is 771. The molecule has 5 nitrogen and oxygen atoms in total. The molecule has 0 aliphatic heterocycles. The number of aromatic nitrogens is 4. The first-order valence-electron chi connectivity index (χ1n) is 6.87. The van der Waals surface area contributed by atoms with E-state index in [9.17, 15) is 4.79 Å². The summed E-state index contributed by atoms with van der Waals surface area (Å²) in [6, 6.07) is 19.5. The zero-order valence-electron chi connectivity index (χ0n) is 12.1. The van der Waals surface area contributed by atoms with Gasteiger partial charge in [-0.25, -0.2) is 0 Å². The number of ketones is 1. The van der Waals surface area contributed by atoms with Crippen LogP contribution in [-0.4, -0.2) is 26.6 Å². The summed E-state index contributed by atoms with van der Waals surface area (Å²) in [5.74, 6) is 0.485. The highest BCUT2D eigenvalue weighted by molar-refractivity contribution is 7.99. The average Bonchev–Trinajstić information content (AvgIpc) is 2.99. The van der Waals surface area contributed by atoms with Gasteiger partial charge in [0.15, 0.2) is 5.69 Å². The zero-order valence-corrected chi connectivity index (χ0v) is 12.9. The Balaban J connectivity index is 2.03. The summed E-state index contributed by atoms with van der Waals surface area (Å²) < 4.78 is 1.75. The molecule has 6 heteroatoms. The Labute approximate surface area is 132 Å². The van der Waals surface area contributed by atoms with Gasteiger partial charge in [-0.1, -0.05) is 41.1 Å². The maximum Gasteiger partial charge on any atom is 0.363 e. The zero-order chi connectivity index (χ0) is 15.4. The topological polar surface area (TPSA) is 51.7 Å². The van der Waals surface area contributed by atoms with E-state index in [0.717, 1.165) is 11.4 Å². The third-order valence-corrected chi connectivity index (χ3v) is 3.99. The summed E-state index contributed by atoms with van der Waals surface area (Å²) in [6.45, 7) is 1.57. The first-order valence-corrected chi connectivity index (χ1v) is 7.85. The molecule has 0 unspecified atom stereocenters. The predicted octanol–water partition coefficient (Wildman–Crippen LogP) is 2.23. The number of carbonyl (C=O) groups excluding carboxylic acids is 1. The molecule has 2 aromatic carbocycles. The molecule has 0 spiro atoms. The standard InChI is InChI=1S/C16H15N4OS/c1-13(21)12-22-16-17-20(15-10-6-3-7-11-15)18-19(16)14-8-4-2-5-9-14/h2-11H,12H2,1H3/q+1. The van der Waals surface area contributed by atoms with Gasteiger partial charge < -0.3 is 0 Å². The summed E-state index contributed by atoms with van der Waals surface area (Å²) in [6.07, 6.45) is 0. The van der Waals surface area contributed by atoms with Gasteiger partial charge in [-0.05, 0) is 43.0 Å². The van der Waals surface area contributed by atoms with E-state index in [-0.39, 0.29) is 5.78 Å². The molecule has 1 heterocycles. The molecule has 3 aromatic rings. The second-order valence-corrected chi connectivity index (χ2v) is 5.68. The fraction of sp³-hybridized carbons (Fsp3) is 0.125. The minimum absolute atomic E-state index is 0.110. The van der Waals surface area contributed by atoms with Gasteiger partial charge in [0.1, 0.15) is 11.5 Å². The molecule has 1 aromatic heterocycles. The maximum atomic E-state index is 11.3. The van der Waals surface area contributed by atoms with Gasteiger partial charge in [0.05, 0.1) is 16.1 Å². The second kappa shape index (κ2) is 6.53. The normalized spacial score (nSPS) is 10.6. The van der Waals surface area contributed by atoms with Crippen molar-refractivity contribution in [3.63, 3.8) is 0 Å². The van der Waals surface area contributed by atoms with Crippen molar-refractivity contribution in [2.24, 2.45) is 0 Å². The van der Waals surface area contributed by atoms with Gasteiger partial charge in [0.25, 0.3) is 0 Å². The summed E-state index contributed by atoms with van der Waals surface area (Å²) in [5, 5.41) is 9.71. The number of tetrazole rings is 1. The number of hydrogen-bond acceptors (Lipinski definition) is 4. The van der Waals surface area contributed by atoms with Gasteiger partial charge in [-0.2, -0.15) is 0 Å². The van der Waals surface area contributed by atoms with Gasteiger partial charge >= 0.3 is 5.16 Å². The molecule has 3 rings (SSSR count). The van der Waals surface area contributed by atoms with Crippen LogP contribution in [0.2, 0.25) is 0 Å². The Morgan fingerprint density at radius 2 is 1.73 bits per heavy atom. The Morgan fingerprint density at radius 3 is 2.36 bits per heavy atom. The lowest BCUT2D eigenvalue weighted by molar-refractivity contribution is -0.698. The van der Waals surface area contributed by atoms with Crippen LogP contribution >= 0.6 is 11.8 Å². The SMILES string of the molecule is CC(=O)CSc1nn(-c2ccccc2)n[n+]1-c1ccccc1. The highest BCUT2D eigenvalue weighted by Gasteiger charge is 2.22. The number of hydrogen-bond donors (Lipinski definition) is 0. The van der Waals surface area contributed by atoms with Crippen LogP contribution in [0, 0.1) is 0 Å². The Hall–Kier alpha value is -2.47. The van der Waals surface area contributed by atoms with Crippen molar-refractivity contribution in [3.05, 3.63) is 60.7 Å². The lowest BCUT2D eigenvalue weighted by Gasteiger charge is -1.95. The molecule has 0 fully saturated rings. The highest BCUT2D eigenvalue weighted by atomic mass is 32.2. The van der Waals surface area contributed by atoms with Gasteiger partial charge in [0, 0.05) is 4.80 Å². The van der Waals surface area contributed by atoms with Gasteiger partial charge in [-0.15, -0.1) is 0 Å². The fourth-order valence-electron chi connectivity index (χ4n) is 1.92. The van der Waals surface area contributed by atoms with Crippen LogP contribution in [0.5, 0.6) is 0 Å². The summed E-state index contributed by atoms with van der Waals surface area (Å²) in [4.78, 5) is 12.8. The van der Waals surface area contributed by atoms with Crippen LogP contribution in [0.15, 0.2) is 65.8 Å². The monoisotopic (exact) mass is 311 g/mol. The van der Waals surface area contributed by atoms with E-state index in [1.807, 2.05) is 60.7 Å². The number of Topliss-reactive ketones (excluding diaryl/α,β-unsaturated/α-hetero) is 1. The van der Waals surface area contributed by atoms with Crippen LogP contribution in [0.1, 0.15) is 6.92 Å². The fourth-order valence-corrected chi connectivity index (χ4v) is 2.66. The number of para-hydroxylation sites is 2. The molecule has 0 N–H and O–H groups in total.